The highest BCUT2D eigenvalue weighted by molar-refractivity contribution is 9.10. The highest BCUT2D eigenvalue weighted by Gasteiger charge is 2.18. The van der Waals surface area contributed by atoms with Gasteiger partial charge in [-0.15, -0.1) is 0 Å². The molecule has 4 nitrogen and oxygen atoms in total. The third-order valence-corrected chi connectivity index (χ3v) is 3.05. The highest BCUT2D eigenvalue weighted by atomic mass is 79.9. The highest BCUT2D eigenvalue weighted by Crippen LogP contribution is 2.31. The Morgan fingerprint density at radius 3 is 2.82 bits per heavy atom. The molecule has 0 unspecified atom stereocenters. The molecule has 0 saturated carbocycles. The number of rotatable bonds is 2. The van der Waals surface area contributed by atoms with E-state index in [0.717, 1.165) is 4.47 Å². The van der Waals surface area contributed by atoms with E-state index >= 15 is 0 Å². The maximum Gasteiger partial charge on any atom is 0.339 e. The molecule has 0 aliphatic carbocycles. The van der Waals surface area contributed by atoms with Gasteiger partial charge in [-0.05, 0) is 12.1 Å². The third-order valence-electron chi connectivity index (χ3n) is 2.25. The SMILES string of the molecule is Cn1cc(C(=O)O)c(-c2ccc(Br)cc2Cl)n1. The smallest absolute Gasteiger partial charge is 0.339 e. The van der Waals surface area contributed by atoms with Gasteiger partial charge in [0.05, 0.1) is 5.02 Å². The largest absolute Gasteiger partial charge is 0.478 e. The monoisotopic (exact) mass is 314 g/mol. The molecule has 1 N–H and O–H groups in total. The molecule has 1 aromatic heterocycles. The van der Waals surface area contributed by atoms with Gasteiger partial charge in [0.1, 0.15) is 11.3 Å². The molecular formula is C11H8BrClN2O2. The molecule has 1 heterocycles. The van der Waals surface area contributed by atoms with Gasteiger partial charge in [0.25, 0.3) is 0 Å². The molecule has 0 radical (unpaired) electrons. The molecule has 0 saturated heterocycles. The maximum atomic E-state index is 11.1. The molecule has 6 heteroatoms. The minimum absolute atomic E-state index is 0.136. The Balaban J connectivity index is 2.63. The van der Waals surface area contributed by atoms with Crippen molar-refractivity contribution in [2.75, 3.05) is 0 Å². The van der Waals surface area contributed by atoms with Crippen LogP contribution in [0.4, 0.5) is 0 Å². The Bertz CT molecular complexity index is 595. The Labute approximate surface area is 111 Å². The molecule has 17 heavy (non-hydrogen) atoms. The van der Waals surface area contributed by atoms with E-state index in [0.29, 0.717) is 16.3 Å². The average molecular weight is 316 g/mol. The summed E-state index contributed by atoms with van der Waals surface area (Å²) in [5.41, 5.74) is 1.11. The molecule has 2 aromatic rings. The van der Waals surface area contributed by atoms with Gasteiger partial charge in [0, 0.05) is 23.3 Å². The van der Waals surface area contributed by atoms with Gasteiger partial charge in [-0.25, -0.2) is 4.79 Å². The summed E-state index contributed by atoms with van der Waals surface area (Å²) < 4.78 is 2.29. The van der Waals surface area contributed by atoms with Crippen molar-refractivity contribution in [2.24, 2.45) is 7.05 Å². The van der Waals surface area contributed by atoms with Crippen LogP contribution in [0.1, 0.15) is 10.4 Å². The van der Waals surface area contributed by atoms with Crippen LogP contribution in [0.25, 0.3) is 11.3 Å². The minimum atomic E-state index is -1.02. The van der Waals surface area contributed by atoms with E-state index in [1.54, 1.807) is 25.2 Å². The molecular weight excluding hydrogens is 307 g/mol. The lowest BCUT2D eigenvalue weighted by molar-refractivity contribution is 0.0697. The summed E-state index contributed by atoms with van der Waals surface area (Å²) in [7, 11) is 1.67. The molecule has 1 aromatic carbocycles. The van der Waals surface area contributed by atoms with Gasteiger partial charge in [-0.2, -0.15) is 5.10 Å². The van der Waals surface area contributed by atoms with E-state index in [1.807, 2.05) is 0 Å². The summed E-state index contributed by atoms with van der Waals surface area (Å²) in [6.07, 6.45) is 1.45. The predicted octanol–water partition coefficient (Wildman–Crippen LogP) is 3.20. The first-order valence-electron chi connectivity index (χ1n) is 4.71. The van der Waals surface area contributed by atoms with Crippen LogP contribution in [-0.4, -0.2) is 20.9 Å². The standard InChI is InChI=1S/C11H8BrClN2O2/c1-15-5-8(11(16)17)10(14-15)7-3-2-6(12)4-9(7)13/h2-5H,1H3,(H,16,17). The fourth-order valence-corrected chi connectivity index (χ4v) is 2.29. The lowest BCUT2D eigenvalue weighted by Gasteiger charge is -2.02. The van der Waals surface area contributed by atoms with Crippen molar-refractivity contribution < 1.29 is 9.90 Å². The first kappa shape index (κ1) is 12.1. The van der Waals surface area contributed by atoms with Gasteiger partial charge in [0.2, 0.25) is 0 Å². The van der Waals surface area contributed by atoms with Crippen LogP contribution in [-0.2, 0) is 7.05 Å². The van der Waals surface area contributed by atoms with Crippen molar-refractivity contribution >= 4 is 33.5 Å². The zero-order valence-electron chi connectivity index (χ0n) is 8.82. The van der Waals surface area contributed by atoms with Crippen molar-refractivity contribution in [2.45, 2.75) is 0 Å². The number of benzene rings is 1. The molecule has 88 valence electrons. The Morgan fingerprint density at radius 1 is 1.53 bits per heavy atom. The van der Waals surface area contributed by atoms with E-state index < -0.39 is 5.97 Å². The van der Waals surface area contributed by atoms with Crippen LogP contribution in [0.15, 0.2) is 28.9 Å². The zero-order valence-corrected chi connectivity index (χ0v) is 11.2. The van der Waals surface area contributed by atoms with Crippen molar-refractivity contribution in [1.29, 1.82) is 0 Å². The van der Waals surface area contributed by atoms with Crippen molar-refractivity contribution in [3.8, 4) is 11.3 Å². The number of hydrogen-bond donors (Lipinski definition) is 1. The first-order valence-corrected chi connectivity index (χ1v) is 5.88. The first-order chi connectivity index (χ1) is 7.99. The third kappa shape index (κ3) is 2.35. The number of carboxylic acid groups (broad SMARTS) is 1. The van der Waals surface area contributed by atoms with E-state index in [4.69, 9.17) is 16.7 Å². The van der Waals surface area contributed by atoms with Crippen molar-refractivity contribution in [1.82, 2.24) is 9.78 Å². The van der Waals surface area contributed by atoms with Crippen LogP contribution < -0.4 is 0 Å². The Kier molecular flexibility index (Phi) is 3.22. The summed E-state index contributed by atoms with van der Waals surface area (Å²) in [5.74, 6) is -1.02. The molecule has 0 aliphatic rings. The predicted molar refractivity (Wildman–Crippen MR) is 68.3 cm³/mol. The fraction of sp³-hybridized carbons (Fsp3) is 0.0909. The molecule has 0 spiro atoms. The number of carbonyl (C=O) groups is 1. The number of nitrogens with zero attached hydrogens (tertiary/aromatic N) is 2. The van der Waals surface area contributed by atoms with Gasteiger partial charge in [0.15, 0.2) is 0 Å². The Hall–Kier alpha value is -1.33. The summed E-state index contributed by atoms with van der Waals surface area (Å²) in [6, 6.07) is 5.24. The molecule has 0 atom stereocenters. The second kappa shape index (κ2) is 4.50. The van der Waals surface area contributed by atoms with E-state index in [1.165, 1.54) is 10.9 Å². The van der Waals surface area contributed by atoms with E-state index in [2.05, 4.69) is 21.0 Å². The van der Waals surface area contributed by atoms with Crippen LogP contribution >= 0.6 is 27.5 Å². The van der Waals surface area contributed by atoms with Gasteiger partial charge in [-0.1, -0.05) is 33.6 Å². The van der Waals surface area contributed by atoms with Crippen LogP contribution in [0.3, 0.4) is 0 Å². The second-order valence-electron chi connectivity index (χ2n) is 3.49. The molecule has 0 aliphatic heterocycles. The van der Waals surface area contributed by atoms with Gasteiger partial charge >= 0.3 is 5.97 Å². The van der Waals surface area contributed by atoms with Gasteiger partial charge < -0.3 is 5.11 Å². The molecule has 2 rings (SSSR count). The maximum absolute atomic E-state index is 11.1. The number of halogens is 2. The van der Waals surface area contributed by atoms with Gasteiger partial charge in [-0.3, -0.25) is 4.68 Å². The molecule has 0 amide bonds. The summed E-state index contributed by atoms with van der Waals surface area (Å²) >= 11 is 9.37. The fourth-order valence-electron chi connectivity index (χ4n) is 1.53. The molecule has 0 fully saturated rings. The number of aromatic carboxylic acids is 1. The topological polar surface area (TPSA) is 55.1 Å². The van der Waals surface area contributed by atoms with Crippen LogP contribution in [0.5, 0.6) is 0 Å². The van der Waals surface area contributed by atoms with Crippen LogP contribution in [0.2, 0.25) is 5.02 Å². The number of carboxylic acids is 1. The summed E-state index contributed by atoms with van der Waals surface area (Å²) in [6.45, 7) is 0. The lowest BCUT2D eigenvalue weighted by Crippen LogP contribution is -1.97. The van der Waals surface area contributed by atoms with E-state index in [-0.39, 0.29) is 5.56 Å². The normalized spacial score (nSPS) is 10.5. The lowest BCUT2D eigenvalue weighted by atomic mass is 10.1. The molecule has 0 bridgehead atoms. The number of hydrogen-bond acceptors (Lipinski definition) is 2. The second-order valence-corrected chi connectivity index (χ2v) is 4.82. The average Bonchev–Trinajstić information content (AvgIpc) is 2.60. The van der Waals surface area contributed by atoms with Crippen molar-refractivity contribution in [3.63, 3.8) is 0 Å². The minimum Gasteiger partial charge on any atom is -0.478 e. The number of aromatic nitrogens is 2. The van der Waals surface area contributed by atoms with Crippen LogP contribution in [0, 0.1) is 0 Å². The summed E-state index contributed by atoms with van der Waals surface area (Å²) in [5, 5.41) is 13.7. The number of aryl methyl sites for hydroxylation is 1. The summed E-state index contributed by atoms with van der Waals surface area (Å²) in [4.78, 5) is 11.1. The van der Waals surface area contributed by atoms with Crippen molar-refractivity contribution in [3.05, 3.63) is 39.5 Å². The Morgan fingerprint density at radius 2 is 2.24 bits per heavy atom. The quantitative estimate of drug-likeness (QED) is 0.926. The van der Waals surface area contributed by atoms with E-state index in [9.17, 15) is 4.79 Å². The zero-order chi connectivity index (χ0) is 12.6.